The lowest BCUT2D eigenvalue weighted by Crippen LogP contribution is -2.40. The summed E-state index contributed by atoms with van der Waals surface area (Å²) in [4.78, 5) is 18.0. The number of methoxy groups -OCH3 is 2. The van der Waals surface area contributed by atoms with Crippen LogP contribution in [0.2, 0.25) is 28.2 Å². The normalized spacial score (nSPS) is 12.8. The van der Waals surface area contributed by atoms with Gasteiger partial charge in [-0.1, -0.05) is 50.0 Å². The molecule has 0 fully saturated rings. The van der Waals surface area contributed by atoms with Gasteiger partial charge in [-0.3, -0.25) is 4.79 Å². The molecule has 1 aromatic carbocycles. The molecule has 3 aromatic rings. The predicted octanol–water partition coefficient (Wildman–Crippen LogP) is 7.48. The van der Waals surface area contributed by atoms with E-state index >= 15 is 0 Å². The van der Waals surface area contributed by atoms with Crippen LogP contribution in [0.4, 0.5) is 0 Å². The Hall–Kier alpha value is -2.10. The minimum Gasteiger partial charge on any atom is -0.493 e. The van der Waals surface area contributed by atoms with Crippen LogP contribution in [0.15, 0.2) is 42.7 Å². The van der Waals surface area contributed by atoms with Crippen molar-refractivity contribution in [1.82, 2.24) is 0 Å². The van der Waals surface area contributed by atoms with Crippen LogP contribution in [0, 0.1) is 0 Å². The van der Waals surface area contributed by atoms with Gasteiger partial charge in [-0.15, -0.1) is 11.3 Å². The van der Waals surface area contributed by atoms with Crippen LogP contribution in [0.3, 0.4) is 0 Å². The number of ether oxygens (including phenoxy) is 3. The number of pyridine rings is 1. The Labute approximate surface area is 240 Å². The number of nitrogens with one attached hydrogen (secondary N) is 1. The molecule has 1 atom stereocenters. The zero-order valence-electron chi connectivity index (χ0n) is 22.9. The van der Waals surface area contributed by atoms with E-state index < -0.39 is 14.4 Å². The maximum Gasteiger partial charge on any atom is 0.311 e. The van der Waals surface area contributed by atoms with Gasteiger partial charge in [0.15, 0.2) is 32.2 Å². The molecule has 0 saturated heterocycles. The molecule has 0 saturated carbocycles. The van der Waals surface area contributed by atoms with Crippen LogP contribution in [-0.2, 0) is 33.4 Å². The van der Waals surface area contributed by atoms with Crippen LogP contribution < -0.4 is 14.5 Å². The number of esters is 1. The number of hydrogen-bond donors (Lipinski definition) is 0. The topological polar surface area (TPSA) is 68.1 Å². The zero-order chi connectivity index (χ0) is 28.1. The molecule has 2 heterocycles. The van der Waals surface area contributed by atoms with Gasteiger partial charge in [-0.25, -0.2) is 4.98 Å². The van der Waals surface area contributed by atoms with E-state index in [1.807, 2.05) is 18.2 Å². The van der Waals surface area contributed by atoms with Crippen LogP contribution >= 0.6 is 34.5 Å². The molecule has 0 amide bonds. The Morgan fingerprint density at radius 3 is 2.24 bits per heavy atom. The number of benzene rings is 1. The van der Waals surface area contributed by atoms with Crippen molar-refractivity contribution in [3.8, 4) is 11.5 Å². The maximum atomic E-state index is 13.1. The smallest absolute Gasteiger partial charge is 0.311 e. The molecule has 6 nitrogen and oxygen atoms in total. The molecule has 2 aromatic heterocycles. The largest absolute Gasteiger partial charge is 0.493 e. The minimum atomic E-state index is -1.86. The van der Waals surface area contributed by atoms with Gasteiger partial charge in [0.1, 0.15) is 16.1 Å². The summed E-state index contributed by atoms with van der Waals surface area (Å²) in [6.07, 6.45) is 3.10. The quantitative estimate of drug-likeness (QED) is 0.169. The number of rotatable bonds is 11. The standard InChI is InChI=1S/C28H35Cl2NO5SSi/c1-28(2,3)38(6,7)35-17-20-10-9-19(37-20)13-27(32)36-25(14-21-22(29)15-31-16-23(21)30)18-8-11-24(33-4)26(12-18)34-5/h8-12,15-16,25H,13-14,17H2,1-7H3/p+1/t25-/m0/s1. The highest BCUT2D eigenvalue weighted by Gasteiger charge is 2.37. The Morgan fingerprint density at radius 1 is 1.00 bits per heavy atom. The molecular weight excluding hydrogens is 561 g/mol. The third-order valence-corrected chi connectivity index (χ3v) is 13.1. The first-order valence-corrected chi connectivity index (χ1v) is 16.8. The van der Waals surface area contributed by atoms with E-state index in [2.05, 4.69) is 38.8 Å². The van der Waals surface area contributed by atoms with E-state index in [1.165, 1.54) is 0 Å². The number of aromatic nitrogens is 1. The summed E-state index contributed by atoms with van der Waals surface area (Å²) in [5.41, 5.74) is 1.42. The summed E-state index contributed by atoms with van der Waals surface area (Å²) in [5.74, 6) is 0.769. The van der Waals surface area contributed by atoms with Gasteiger partial charge in [0, 0.05) is 21.7 Å². The fourth-order valence-corrected chi connectivity index (χ4v) is 6.05. The van der Waals surface area contributed by atoms with Gasteiger partial charge in [-0.05, 0) is 48.0 Å². The lowest BCUT2D eigenvalue weighted by atomic mass is 10.0. The summed E-state index contributed by atoms with van der Waals surface area (Å²) >= 11 is 14.4. The Bertz CT molecular complexity index is 1240. The number of halogens is 2. The van der Waals surface area contributed by atoms with Crippen molar-refractivity contribution in [3.63, 3.8) is 0 Å². The maximum absolute atomic E-state index is 13.1. The molecule has 0 unspecified atom stereocenters. The Morgan fingerprint density at radius 2 is 1.63 bits per heavy atom. The molecule has 0 aliphatic rings. The first kappa shape index (κ1) is 30.4. The van der Waals surface area contributed by atoms with Gasteiger partial charge in [0.2, 0.25) is 0 Å². The summed E-state index contributed by atoms with van der Waals surface area (Å²) in [6, 6.07) is 9.41. The van der Waals surface area contributed by atoms with E-state index in [4.69, 9.17) is 41.8 Å². The van der Waals surface area contributed by atoms with Crippen molar-refractivity contribution in [2.75, 3.05) is 14.2 Å². The average Bonchev–Trinajstić information content (AvgIpc) is 3.30. The van der Waals surface area contributed by atoms with Crippen molar-refractivity contribution >= 4 is 48.8 Å². The van der Waals surface area contributed by atoms with Crippen LogP contribution in [0.1, 0.15) is 47.8 Å². The van der Waals surface area contributed by atoms with E-state index in [-0.39, 0.29) is 17.4 Å². The molecule has 1 N–H and O–H groups in total. The average molecular weight is 598 g/mol. The highest BCUT2D eigenvalue weighted by atomic mass is 35.5. The molecule has 0 radical (unpaired) electrons. The number of thiophene rings is 1. The highest BCUT2D eigenvalue weighted by Crippen LogP contribution is 2.38. The molecule has 0 aliphatic carbocycles. The van der Waals surface area contributed by atoms with Gasteiger partial charge in [-0.2, -0.15) is 0 Å². The van der Waals surface area contributed by atoms with E-state index in [1.54, 1.807) is 50.1 Å². The number of H-pyrrole nitrogens is 1. The molecule has 10 heteroatoms. The van der Waals surface area contributed by atoms with Crippen LogP contribution in [0.25, 0.3) is 0 Å². The van der Waals surface area contributed by atoms with Crippen LogP contribution in [-0.4, -0.2) is 28.5 Å². The number of hydrogen-bond acceptors (Lipinski definition) is 6. The third kappa shape index (κ3) is 7.73. The summed E-state index contributed by atoms with van der Waals surface area (Å²) < 4.78 is 23.2. The van der Waals surface area contributed by atoms with Gasteiger partial charge < -0.3 is 18.6 Å². The molecule has 0 bridgehead atoms. The fourth-order valence-electron chi connectivity index (χ4n) is 3.54. The SMILES string of the molecule is COc1ccc([C@H](Cc2c(Cl)c[nH+]cc2Cl)OC(=O)Cc2ccc(CO[Si](C)(C)C(C)(C)C)s2)cc1OC. The van der Waals surface area contributed by atoms with E-state index in [9.17, 15) is 4.79 Å². The van der Waals surface area contributed by atoms with Crippen molar-refractivity contribution < 1.29 is 28.4 Å². The summed E-state index contributed by atoms with van der Waals surface area (Å²) in [5, 5.41) is 1.06. The van der Waals surface area contributed by atoms with Crippen LogP contribution in [0.5, 0.6) is 11.5 Å². The van der Waals surface area contributed by atoms with Crippen molar-refractivity contribution in [2.45, 2.75) is 64.5 Å². The highest BCUT2D eigenvalue weighted by molar-refractivity contribution is 7.12. The first-order valence-electron chi connectivity index (χ1n) is 12.3. The summed E-state index contributed by atoms with van der Waals surface area (Å²) in [7, 11) is 1.27. The number of carbonyl (C=O) groups excluding carboxylic acids is 1. The monoisotopic (exact) mass is 596 g/mol. The molecule has 206 valence electrons. The number of aromatic amines is 1. The third-order valence-electron chi connectivity index (χ3n) is 6.86. The Balaban J connectivity index is 1.77. The minimum absolute atomic E-state index is 0.138. The van der Waals surface area contributed by atoms with Gasteiger partial charge in [0.05, 0.1) is 27.2 Å². The van der Waals surface area contributed by atoms with Crippen molar-refractivity contribution in [3.05, 3.63) is 73.7 Å². The first-order chi connectivity index (χ1) is 17.8. The lowest BCUT2D eigenvalue weighted by molar-refractivity contribution is -0.377. The Kier molecular flexibility index (Phi) is 10.3. The second-order valence-corrected chi connectivity index (χ2v) is 17.4. The summed E-state index contributed by atoms with van der Waals surface area (Å²) in [6.45, 7) is 11.7. The second-order valence-electron chi connectivity index (χ2n) is 10.5. The molecular formula is C28H36Cl2NO5SSi+. The molecule has 0 spiro atoms. The molecule has 38 heavy (non-hydrogen) atoms. The number of carbonyl (C=O) groups is 1. The van der Waals surface area contributed by atoms with Gasteiger partial charge >= 0.3 is 5.97 Å². The van der Waals surface area contributed by atoms with E-state index in [0.29, 0.717) is 40.1 Å². The predicted molar refractivity (Wildman–Crippen MR) is 155 cm³/mol. The second kappa shape index (κ2) is 12.8. The van der Waals surface area contributed by atoms with Crippen molar-refractivity contribution in [1.29, 1.82) is 0 Å². The zero-order valence-corrected chi connectivity index (χ0v) is 26.3. The molecule has 3 rings (SSSR count). The fraction of sp³-hybridized carbons (Fsp3) is 0.429. The lowest BCUT2D eigenvalue weighted by Gasteiger charge is -2.36. The van der Waals surface area contributed by atoms with E-state index in [0.717, 1.165) is 15.3 Å². The molecule has 0 aliphatic heterocycles. The van der Waals surface area contributed by atoms with Gasteiger partial charge in [0.25, 0.3) is 0 Å². The van der Waals surface area contributed by atoms with Crippen molar-refractivity contribution in [2.24, 2.45) is 0 Å².